The maximum atomic E-state index is 8.17. The Bertz CT molecular complexity index is 662. The van der Waals surface area contributed by atoms with Gasteiger partial charge in [-0.15, -0.1) is 0 Å². The summed E-state index contributed by atoms with van der Waals surface area (Å²) in [7, 11) is 0. The standard InChI is InChI=1S/C16H12N4/c17-15-11(13-5-1-3-9-19-13)7-8-12(16(15)18)14-6-2-4-10-20-14/h1-10,17-18H. The van der Waals surface area contributed by atoms with Crippen LogP contribution in [0, 0.1) is 10.8 Å². The van der Waals surface area contributed by atoms with E-state index in [1.165, 1.54) is 0 Å². The lowest BCUT2D eigenvalue weighted by atomic mass is 9.90. The number of allylic oxidation sites excluding steroid dienone is 4. The Hall–Kier alpha value is -2.88. The van der Waals surface area contributed by atoms with Gasteiger partial charge in [0, 0.05) is 23.5 Å². The van der Waals surface area contributed by atoms with Crippen LogP contribution in [0.3, 0.4) is 0 Å². The summed E-state index contributed by atoms with van der Waals surface area (Å²) in [5.74, 6) is 0. The van der Waals surface area contributed by atoms with Crippen LogP contribution in [0.2, 0.25) is 0 Å². The summed E-state index contributed by atoms with van der Waals surface area (Å²) in [5, 5.41) is 16.3. The van der Waals surface area contributed by atoms with E-state index >= 15 is 0 Å². The van der Waals surface area contributed by atoms with Gasteiger partial charge in [0.25, 0.3) is 0 Å². The van der Waals surface area contributed by atoms with Crippen LogP contribution in [-0.4, -0.2) is 21.4 Å². The van der Waals surface area contributed by atoms with Gasteiger partial charge in [0.15, 0.2) is 0 Å². The molecule has 1 aliphatic rings. The summed E-state index contributed by atoms with van der Waals surface area (Å²) in [4.78, 5) is 8.47. The van der Waals surface area contributed by atoms with Gasteiger partial charge in [-0.3, -0.25) is 20.8 Å². The second-order valence-corrected chi connectivity index (χ2v) is 4.34. The van der Waals surface area contributed by atoms with E-state index in [0.717, 1.165) is 0 Å². The predicted octanol–water partition coefficient (Wildman–Crippen LogP) is 3.00. The molecule has 20 heavy (non-hydrogen) atoms. The molecule has 1 aliphatic carbocycles. The van der Waals surface area contributed by atoms with Crippen molar-refractivity contribution in [1.82, 2.24) is 9.97 Å². The molecule has 0 fully saturated rings. The number of nitrogens with zero attached hydrogens (tertiary/aromatic N) is 2. The van der Waals surface area contributed by atoms with E-state index in [4.69, 9.17) is 10.8 Å². The van der Waals surface area contributed by atoms with E-state index < -0.39 is 0 Å². The van der Waals surface area contributed by atoms with Crippen molar-refractivity contribution < 1.29 is 0 Å². The van der Waals surface area contributed by atoms with Gasteiger partial charge in [-0.25, -0.2) is 0 Å². The average molecular weight is 260 g/mol. The molecule has 0 bridgehead atoms. The zero-order valence-corrected chi connectivity index (χ0v) is 10.7. The molecule has 0 unspecified atom stereocenters. The Kier molecular flexibility index (Phi) is 3.05. The van der Waals surface area contributed by atoms with E-state index in [-0.39, 0.29) is 11.4 Å². The molecule has 0 saturated carbocycles. The predicted molar refractivity (Wildman–Crippen MR) is 79.9 cm³/mol. The number of rotatable bonds is 2. The highest BCUT2D eigenvalue weighted by Gasteiger charge is 2.22. The minimum Gasteiger partial charge on any atom is -0.298 e. The van der Waals surface area contributed by atoms with Gasteiger partial charge >= 0.3 is 0 Å². The van der Waals surface area contributed by atoms with Gasteiger partial charge in [0.2, 0.25) is 0 Å². The molecule has 2 N–H and O–H groups in total. The third-order valence-corrected chi connectivity index (χ3v) is 3.09. The van der Waals surface area contributed by atoms with Crippen LogP contribution in [0.4, 0.5) is 0 Å². The molecule has 0 aromatic carbocycles. The Balaban J connectivity index is 2.06. The van der Waals surface area contributed by atoms with Crippen LogP contribution in [0.15, 0.2) is 60.9 Å². The molecule has 96 valence electrons. The van der Waals surface area contributed by atoms with Gasteiger partial charge in [-0.2, -0.15) is 0 Å². The maximum Gasteiger partial charge on any atom is 0.0890 e. The molecule has 0 aliphatic heterocycles. The van der Waals surface area contributed by atoms with E-state index in [1.54, 1.807) is 12.4 Å². The highest BCUT2D eigenvalue weighted by Crippen LogP contribution is 2.25. The zero-order valence-electron chi connectivity index (χ0n) is 10.7. The van der Waals surface area contributed by atoms with Crippen molar-refractivity contribution in [3.05, 3.63) is 72.3 Å². The zero-order chi connectivity index (χ0) is 13.9. The number of nitrogens with one attached hydrogen (secondary N) is 2. The fraction of sp³-hybridized carbons (Fsp3) is 0. The molecule has 4 heteroatoms. The van der Waals surface area contributed by atoms with Crippen molar-refractivity contribution in [2.75, 3.05) is 0 Å². The lowest BCUT2D eigenvalue weighted by molar-refractivity contribution is 1.27. The summed E-state index contributed by atoms with van der Waals surface area (Å²) in [6.07, 6.45) is 7.02. The molecule has 0 saturated heterocycles. The molecule has 0 atom stereocenters. The fourth-order valence-corrected chi connectivity index (χ4v) is 2.07. The van der Waals surface area contributed by atoms with Gasteiger partial charge in [0.1, 0.15) is 0 Å². The third kappa shape index (κ3) is 2.07. The van der Waals surface area contributed by atoms with Gasteiger partial charge < -0.3 is 0 Å². The molecule has 2 heterocycles. The summed E-state index contributed by atoms with van der Waals surface area (Å²) in [6.45, 7) is 0. The minimum atomic E-state index is 0.173. The van der Waals surface area contributed by atoms with Crippen LogP contribution in [-0.2, 0) is 0 Å². The van der Waals surface area contributed by atoms with Gasteiger partial charge in [0.05, 0.1) is 22.8 Å². The molecule has 3 rings (SSSR count). The van der Waals surface area contributed by atoms with Crippen molar-refractivity contribution in [3.8, 4) is 0 Å². The highest BCUT2D eigenvalue weighted by atomic mass is 14.7. The first-order valence-electron chi connectivity index (χ1n) is 6.20. The number of hydrogen-bond donors (Lipinski definition) is 2. The molecule has 2 aromatic heterocycles. The van der Waals surface area contributed by atoms with Crippen LogP contribution in [0.5, 0.6) is 0 Å². The fourth-order valence-electron chi connectivity index (χ4n) is 2.07. The van der Waals surface area contributed by atoms with Crippen LogP contribution in [0.25, 0.3) is 11.1 Å². The summed E-state index contributed by atoms with van der Waals surface area (Å²) in [5.41, 5.74) is 3.08. The SMILES string of the molecule is N=C1C(=N)C(c2ccccn2)=CC=C1c1ccccn1. The number of aromatic nitrogens is 2. The third-order valence-electron chi connectivity index (χ3n) is 3.09. The van der Waals surface area contributed by atoms with E-state index in [0.29, 0.717) is 22.5 Å². The number of pyridine rings is 2. The molecular formula is C16H12N4. The van der Waals surface area contributed by atoms with Crippen molar-refractivity contribution in [3.63, 3.8) is 0 Å². The quantitative estimate of drug-likeness (QED) is 0.814. The Morgan fingerprint density at radius 2 is 1.10 bits per heavy atom. The molecule has 0 radical (unpaired) electrons. The van der Waals surface area contributed by atoms with Crippen molar-refractivity contribution in [2.45, 2.75) is 0 Å². The Morgan fingerprint density at radius 1 is 0.650 bits per heavy atom. The molecule has 4 nitrogen and oxygen atoms in total. The van der Waals surface area contributed by atoms with Crippen molar-refractivity contribution in [2.24, 2.45) is 0 Å². The molecule has 2 aromatic rings. The van der Waals surface area contributed by atoms with Crippen molar-refractivity contribution >= 4 is 22.6 Å². The Morgan fingerprint density at radius 3 is 1.45 bits per heavy atom. The van der Waals surface area contributed by atoms with Crippen LogP contribution in [0.1, 0.15) is 11.4 Å². The normalized spacial score (nSPS) is 14.8. The summed E-state index contributed by atoms with van der Waals surface area (Å²) < 4.78 is 0. The first-order valence-corrected chi connectivity index (χ1v) is 6.20. The van der Waals surface area contributed by atoms with E-state index in [9.17, 15) is 0 Å². The first-order chi connectivity index (χ1) is 9.77. The van der Waals surface area contributed by atoms with E-state index in [1.807, 2.05) is 48.6 Å². The highest BCUT2D eigenvalue weighted by molar-refractivity contribution is 6.68. The Labute approximate surface area is 116 Å². The topological polar surface area (TPSA) is 73.5 Å². The number of hydrogen-bond acceptors (Lipinski definition) is 4. The summed E-state index contributed by atoms with van der Waals surface area (Å²) in [6, 6.07) is 11.1. The molecule has 0 spiro atoms. The lowest BCUT2D eigenvalue weighted by Gasteiger charge is -2.16. The smallest absolute Gasteiger partial charge is 0.0890 e. The van der Waals surface area contributed by atoms with Gasteiger partial charge in [-0.05, 0) is 36.4 Å². The minimum absolute atomic E-state index is 0.173. The molecular weight excluding hydrogens is 248 g/mol. The monoisotopic (exact) mass is 260 g/mol. The second kappa shape index (κ2) is 5.01. The lowest BCUT2D eigenvalue weighted by Crippen LogP contribution is -2.19. The summed E-state index contributed by atoms with van der Waals surface area (Å²) >= 11 is 0. The van der Waals surface area contributed by atoms with Crippen LogP contribution >= 0.6 is 0 Å². The molecule has 0 amide bonds. The average Bonchev–Trinajstić information content (AvgIpc) is 2.52. The first kappa shape index (κ1) is 12.2. The largest absolute Gasteiger partial charge is 0.298 e. The van der Waals surface area contributed by atoms with Gasteiger partial charge in [-0.1, -0.05) is 12.1 Å². The second-order valence-electron chi connectivity index (χ2n) is 4.34. The maximum absolute atomic E-state index is 8.17. The van der Waals surface area contributed by atoms with Crippen LogP contribution < -0.4 is 0 Å². The van der Waals surface area contributed by atoms with Crippen molar-refractivity contribution in [1.29, 1.82) is 10.8 Å². The van der Waals surface area contributed by atoms with E-state index in [2.05, 4.69) is 9.97 Å².